The smallest absolute Gasteiger partial charge is 0.264 e. The fourth-order valence-corrected chi connectivity index (χ4v) is 4.17. The van der Waals surface area contributed by atoms with Crippen LogP contribution < -0.4 is 9.49 Å². The largest absolute Gasteiger partial charge is 0.428 e. The molecule has 0 atom stereocenters. The number of hydrogen-bond donors (Lipinski definition) is 1. The molecule has 0 aliphatic heterocycles. The maximum absolute atomic E-state index is 12.5. The average Bonchev–Trinajstić information content (AvgIpc) is 2.46. The Morgan fingerprint density at radius 2 is 1.48 bits per heavy atom. The Labute approximate surface area is 126 Å². The Hall–Kier alpha value is -1.63. The van der Waals surface area contributed by atoms with Crippen molar-refractivity contribution in [2.45, 2.75) is 18.0 Å². The van der Waals surface area contributed by atoms with Gasteiger partial charge in [-0.05, 0) is 42.5 Å². The number of nitrogens with zero attached hydrogens (tertiary/aromatic N) is 1. The van der Waals surface area contributed by atoms with Crippen LogP contribution in [-0.2, 0) is 10.0 Å². The maximum atomic E-state index is 12.5. The van der Waals surface area contributed by atoms with E-state index < -0.39 is 18.3 Å². The molecule has 0 aliphatic rings. The SMILES string of the molecule is CN(c1ccc([Si](C)(C)O)cc1)S(=O)(=O)c1ccccc1. The molecule has 0 fully saturated rings. The van der Waals surface area contributed by atoms with Crippen LogP contribution in [0.4, 0.5) is 5.69 Å². The van der Waals surface area contributed by atoms with Gasteiger partial charge in [-0.25, -0.2) is 8.42 Å². The third kappa shape index (κ3) is 3.34. The molecule has 0 spiro atoms. The monoisotopic (exact) mass is 321 g/mol. The second-order valence-corrected chi connectivity index (χ2v) is 11.1. The highest BCUT2D eigenvalue weighted by atomic mass is 32.2. The van der Waals surface area contributed by atoms with Crippen LogP contribution in [0, 0.1) is 0 Å². The Bertz CT molecular complexity index is 707. The molecule has 1 N–H and O–H groups in total. The van der Waals surface area contributed by atoms with Crippen LogP contribution in [0.2, 0.25) is 13.1 Å². The van der Waals surface area contributed by atoms with Crippen molar-refractivity contribution in [2.24, 2.45) is 0 Å². The average molecular weight is 321 g/mol. The normalized spacial score (nSPS) is 12.2. The topological polar surface area (TPSA) is 57.6 Å². The number of rotatable bonds is 4. The van der Waals surface area contributed by atoms with Crippen molar-refractivity contribution in [3.05, 3.63) is 54.6 Å². The van der Waals surface area contributed by atoms with E-state index in [0.717, 1.165) is 5.19 Å². The molecule has 112 valence electrons. The van der Waals surface area contributed by atoms with E-state index in [1.807, 2.05) is 13.1 Å². The lowest BCUT2D eigenvalue weighted by Gasteiger charge is -2.21. The number of anilines is 1. The number of sulfonamides is 1. The molecule has 6 heteroatoms. The lowest BCUT2D eigenvalue weighted by atomic mass is 10.3. The zero-order valence-electron chi connectivity index (χ0n) is 12.3. The Morgan fingerprint density at radius 1 is 0.952 bits per heavy atom. The standard InChI is InChI=1S/C15H19NO3SSi/c1-16(20(17,18)14-7-5-4-6-8-14)13-9-11-15(12-10-13)21(2,3)19/h4-12,19H,1-3H3. The lowest BCUT2D eigenvalue weighted by Crippen LogP contribution is -2.41. The minimum Gasteiger partial charge on any atom is -0.428 e. The summed E-state index contributed by atoms with van der Waals surface area (Å²) in [4.78, 5) is 10.3. The summed E-state index contributed by atoms with van der Waals surface area (Å²) in [7, 11) is -4.40. The highest BCUT2D eigenvalue weighted by Gasteiger charge is 2.23. The maximum Gasteiger partial charge on any atom is 0.264 e. The van der Waals surface area contributed by atoms with Gasteiger partial charge < -0.3 is 4.80 Å². The van der Waals surface area contributed by atoms with Crippen LogP contribution in [-0.4, -0.2) is 28.6 Å². The molecule has 0 aliphatic carbocycles. The zero-order valence-corrected chi connectivity index (χ0v) is 14.1. The van der Waals surface area contributed by atoms with E-state index >= 15 is 0 Å². The van der Waals surface area contributed by atoms with E-state index in [1.165, 1.54) is 11.4 Å². The molecule has 0 amide bonds. The zero-order chi connectivity index (χ0) is 15.7. The third-order valence-electron chi connectivity index (χ3n) is 3.34. The summed E-state index contributed by atoms with van der Waals surface area (Å²) in [6.45, 7) is 3.65. The second-order valence-electron chi connectivity index (χ2n) is 5.39. The predicted octanol–water partition coefficient (Wildman–Crippen LogP) is 1.92. The summed E-state index contributed by atoms with van der Waals surface area (Å²) < 4.78 is 26.2. The first-order chi connectivity index (χ1) is 9.73. The van der Waals surface area contributed by atoms with Gasteiger partial charge in [-0.1, -0.05) is 30.3 Å². The minimum absolute atomic E-state index is 0.258. The summed E-state index contributed by atoms with van der Waals surface area (Å²) >= 11 is 0. The molecule has 0 radical (unpaired) electrons. The van der Waals surface area contributed by atoms with E-state index in [4.69, 9.17) is 0 Å². The van der Waals surface area contributed by atoms with E-state index in [1.54, 1.807) is 54.6 Å². The van der Waals surface area contributed by atoms with E-state index in [0.29, 0.717) is 5.69 Å². The summed E-state index contributed by atoms with van der Waals surface area (Å²) in [5.41, 5.74) is 0.570. The van der Waals surface area contributed by atoms with Crippen LogP contribution in [0.3, 0.4) is 0 Å². The summed E-state index contributed by atoms with van der Waals surface area (Å²) in [6.07, 6.45) is 0. The van der Waals surface area contributed by atoms with Crippen molar-refractivity contribution in [1.82, 2.24) is 0 Å². The van der Waals surface area contributed by atoms with Crippen LogP contribution in [0.15, 0.2) is 59.5 Å². The summed E-state index contributed by atoms with van der Waals surface area (Å²) in [5, 5.41) is 0.872. The molecule has 0 saturated heterocycles. The molecule has 2 aromatic rings. The Morgan fingerprint density at radius 3 is 1.95 bits per heavy atom. The first kappa shape index (κ1) is 15.8. The van der Waals surface area contributed by atoms with Gasteiger partial charge in [0.05, 0.1) is 10.6 Å². The number of hydrogen-bond acceptors (Lipinski definition) is 3. The van der Waals surface area contributed by atoms with Crippen LogP contribution in [0.5, 0.6) is 0 Å². The van der Waals surface area contributed by atoms with E-state index in [2.05, 4.69) is 0 Å². The molecule has 0 unspecified atom stereocenters. The third-order valence-corrected chi connectivity index (χ3v) is 6.88. The molecule has 4 nitrogen and oxygen atoms in total. The molecular formula is C15H19NO3SSi. The Kier molecular flexibility index (Phi) is 4.22. The Balaban J connectivity index is 2.34. The van der Waals surface area contributed by atoms with Crippen LogP contribution in [0.25, 0.3) is 0 Å². The molecule has 0 heterocycles. The predicted molar refractivity (Wildman–Crippen MR) is 87.8 cm³/mol. The van der Waals surface area contributed by atoms with Gasteiger partial charge in [-0.2, -0.15) is 0 Å². The summed E-state index contributed by atoms with van der Waals surface area (Å²) in [6, 6.07) is 15.3. The molecule has 0 bridgehead atoms. The molecule has 2 rings (SSSR count). The summed E-state index contributed by atoms with van der Waals surface area (Å²) in [5.74, 6) is 0. The van der Waals surface area contributed by atoms with Crippen molar-refractivity contribution >= 4 is 29.2 Å². The first-order valence-corrected chi connectivity index (χ1v) is 11.0. The lowest BCUT2D eigenvalue weighted by molar-refractivity contribution is 0.568. The van der Waals surface area contributed by atoms with Crippen molar-refractivity contribution in [2.75, 3.05) is 11.4 Å². The minimum atomic E-state index is -3.56. The molecule has 0 saturated carbocycles. The van der Waals surface area contributed by atoms with Gasteiger partial charge in [-0.15, -0.1) is 0 Å². The molecule has 2 aromatic carbocycles. The van der Waals surface area contributed by atoms with Gasteiger partial charge in [0.2, 0.25) is 8.32 Å². The van der Waals surface area contributed by atoms with Gasteiger partial charge in [0, 0.05) is 7.05 Å². The van der Waals surface area contributed by atoms with E-state index in [9.17, 15) is 13.2 Å². The quantitative estimate of drug-likeness (QED) is 0.875. The van der Waals surface area contributed by atoms with Gasteiger partial charge in [0.25, 0.3) is 10.0 Å². The van der Waals surface area contributed by atoms with Gasteiger partial charge in [0.15, 0.2) is 0 Å². The fourth-order valence-electron chi connectivity index (χ4n) is 1.97. The fraction of sp³-hybridized carbons (Fsp3) is 0.200. The van der Waals surface area contributed by atoms with Crippen molar-refractivity contribution in [3.8, 4) is 0 Å². The van der Waals surface area contributed by atoms with Crippen molar-refractivity contribution in [1.29, 1.82) is 0 Å². The first-order valence-electron chi connectivity index (χ1n) is 6.60. The molecule has 21 heavy (non-hydrogen) atoms. The van der Waals surface area contributed by atoms with Gasteiger partial charge in [0.1, 0.15) is 0 Å². The number of benzene rings is 2. The van der Waals surface area contributed by atoms with E-state index in [-0.39, 0.29) is 4.90 Å². The van der Waals surface area contributed by atoms with Crippen molar-refractivity contribution < 1.29 is 13.2 Å². The second kappa shape index (κ2) is 5.63. The highest BCUT2D eigenvalue weighted by molar-refractivity contribution is 7.92. The van der Waals surface area contributed by atoms with Crippen LogP contribution >= 0.6 is 0 Å². The van der Waals surface area contributed by atoms with Gasteiger partial charge in [-0.3, -0.25) is 4.31 Å². The van der Waals surface area contributed by atoms with Gasteiger partial charge >= 0.3 is 0 Å². The van der Waals surface area contributed by atoms with Crippen LogP contribution in [0.1, 0.15) is 0 Å². The molecule has 0 aromatic heterocycles. The highest BCUT2D eigenvalue weighted by Crippen LogP contribution is 2.21. The van der Waals surface area contributed by atoms with Crippen molar-refractivity contribution in [3.63, 3.8) is 0 Å². The molecular weight excluding hydrogens is 302 g/mol.